The number of alkyl carbamates (subject to hydrolysis) is 1. The lowest BCUT2D eigenvalue weighted by atomic mass is 9.74. The van der Waals surface area contributed by atoms with E-state index in [9.17, 15) is 41.1 Å². The number of benzene rings is 2. The van der Waals surface area contributed by atoms with Crippen LogP contribution in [0.4, 0.5) is 23.7 Å². The number of methoxy groups -OCH3 is 1. The van der Waals surface area contributed by atoms with E-state index < -0.39 is 73.9 Å². The first-order chi connectivity index (χ1) is 19.7. The summed E-state index contributed by atoms with van der Waals surface area (Å²) >= 11 is 6.24. The molecule has 0 radical (unpaired) electrons. The molecule has 2 bridgehead atoms. The Morgan fingerprint density at radius 2 is 1.69 bits per heavy atom. The first kappa shape index (κ1) is 31.6. The van der Waals surface area contributed by atoms with Crippen LogP contribution in [-0.4, -0.2) is 62.0 Å². The van der Waals surface area contributed by atoms with Crippen LogP contribution in [0.25, 0.3) is 0 Å². The van der Waals surface area contributed by atoms with Crippen molar-refractivity contribution < 1.29 is 45.8 Å². The van der Waals surface area contributed by atoms with Crippen LogP contribution >= 0.6 is 11.6 Å². The van der Waals surface area contributed by atoms with E-state index in [1.807, 2.05) is 0 Å². The predicted molar refractivity (Wildman–Crippen MR) is 145 cm³/mol. The van der Waals surface area contributed by atoms with Crippen LogP contribution in [0.5, 0.6) is 0 Å². The zero-order valence-electron chi connectivity index (χ0n) is 22.5. The molecular weight excluding hydrogens is 603 g/mol. The lowest BCUT2D eigenvalue weighted by molar-refractivity contribution is -0.125. The summed E-state index contributed by atoms with van der Waals surface area (Å²) in [6.45, 7) is 1.31. The monoisotopic (exact) mass is 631 g/mol. The molecule has 2 unspecified atom stereocenters. The van der Waals surface area contributed by atoms with Gasteiger partial charge in [-0.1, -0.05) is 11.6 Å². The largest absolute Gasteiger partial charge is 0.453 e. The third-order valence-corrected chi connectivity index (χ3v) is 10.7. The minimum atomic E-state index is -4.12. The van der Waals surface area contributed by atoms with Crippen molar-refractivity contribution in [3.05, 3.63) is 58.4 Å². The highest BCUT2D eigenvalue weighted by Crippen LogP contribution is 2.52. The zero-order chi connectivity index (χ0) is 31.0. The number of hydrogen-bond acceptors (Lipinski definition) is 7. The molecular formula is C27H29ClF3N3O7S. The second-order valence-corrected chi connectivity index (χ2v) is 13.1. The Labute approximate surface area is 244 Å². The number of anilines is 1. The van der Waals surface area contributed by atoms with Gasteiger partial charge in [-0.05, 0) is 62.6 Å². The van der Waals surface area contributed by atoms with Gasteiger partial charge >= 0.3 is 6.09 Å². The molecule has 0 saturated heterocycles. The van der Waals surface area contributed by atoms with Crippen molar-refractivity contribution >= 4 is 45.0 Å². The van der Waals surface area contributed by atoms with Gasteiger partial charge < -0.3 is 25.8 Å². The van der Waals surface area contributed by atoms with Crippen molar-refractivity contribution in [1.29, 1.82) is 0 Å². The van der Waals surface area contributed by atoms with E-state index in [0.29, 0.717) is 25.0 Å². The molecule has 2 aromatic carbocycles. The number of sulfone groups is 1. The highest BCUT2D eigenvalue weighted by molar-refractivity contribution is 7.92. The summed E-state index contributed by atoms with van der Waals surface area (Å²) in [5, 5.41) is 17.5. The summed E-state index contributed by atoms with van der Waals surface area (Å²) in [5.41, 5.74) is -1.91. The fourth-order valence-electron chi connectivity index (χ4n) is 5.71. The smallest absolute Gasteiger partial charge is 0.407 e. The Bertz CT molecular complexity index is 1490. The molecule has 2 fully saturated rings. The molecule has 0 aromatic heterocycles. The number of halogens is 4. The van der Waals surface area contributed by atoms with E-state index >= 15 is 0 Å². The fraction of sp³-hybridized carbons (Fsp3) is 0.444. The van der Waals surface area contributed by atoms with Gasteiger partial charge in [-0.25, -0.2) is 26.4 Å². The first-order valence-electron chi connectivity index (χ1n) is 13.0. The minimum absolute atomic E-state index is 0.0715. The molecule has 0 aliphatic heterocycles. The standard InChI is InChI=1S/C27H29ClF3N3O7S/c1-13(33-26(37)41-2)24(35)32-12-27(38)15-4-5-16(27)9-18(8-15)42(39,40)22-7-14(3-6-19(22)28)25(36)34-17-10-20(29)23(31)21(30)11-17/h3,6-7,10-11,13,15-16,18,38H,4-5,8-9,12H2,1-2H3,(H,32,35)(H,33,37)(H,34,36)/t13-,15?,16?,18-,27-/m1/s1. The molecule has 10 nitrogen and oxygen atoms in total. The van der Waals surface area contributed by atoms with Gasteiger partial charge in [-0.2, -0.15) is 0 Å². The number of amides is 3. The average molecular weight is 632 g/mol. The molecule has 4 N–H and O–H groups in total. The van der Waals surface area contributed by atoms with Crippen molar-refractivity contribution in [2.24, 2.45) is 11.8 Å². The number of carbonyl (C=O) groups is 3. The van der Waals surface area contributed by atoms with Crippen LogP contribution in [-0.2, 0) is 19.4 Å². The van der Waals surface area contributed by atoms with Crippen molar-refractivity contribution in [3.63, 3.8) is 0 Å². The molecule has 228 valence electrons. The van der Waals surface area contributed by atoms with Crippen LogP contribution in [0.15, 0.2) is 35.2 Å². The summed E-state index contributed by atoms with van der Waals surface area (Å²) in [5.74, 6) is -7.10. The number of nitrogens with one attached hydrogen (secondary N) is 3. The van der Waals surface area contributed by atoms with Gasteiger partial charge in [-0.15, -0.1) is 0 Å². The van der Waals surface area contributed by atoms with E-state index in [4.69, 9.17) is 11.6 Å². The maximum Gasteiger partial charge on any atom is 0.407 e. The molecule has 3 amide bonds. The SMILES string of the molecule is COC(=O)N[C@H](C)C(=O)NC[C@]1(O)C2CCC1C[C@@H](S(=O)(=O)c1cc(C(=O)Nc3cc(F)c(F)c(F)c3)ccc1Cl)C2. The van der Waals surface area contributed by atoms with Gasteiger partial charge in [0.15, 0.2) is 27.3 Å². The summed E-state index contributed by atoms with van der Waals surface area (Å²) in [7, 11) is -2.96. The van der Waals surface area contributed by atoms with Crippen LogP contribution < -0.4 is 16.0 Å². The topological polar surface area (TPSA) is 151 Å². The maximum atomic E-state index is 13.7. The summed E-state index contributed by atoms with van der Waals surface area (Å²) < 4.78 is 72.3. The third kappa shape index (κ3) is 6.20. The lowest BCUT2D eigenvalue weighted by Crippen LogP contribution is -2.56. The van der Waals surface area contributed by atoms with Gasteiger partial charge in [0.25, 0.3) is 5.91 Å². The highest BCUT2D eigenvalue weighted by atomic mass is 35.5. The Morgan fingerprint density at radius 1 is 1.10 bits per heavy atom. The molecule has 4 rings (SSSR count). The van der Waals surface area contributed by atoms with Gasteiger partial charge in [0.2, 0.25) is 5.91 Å². The summed E-state index contributed by atoms with van der Waals surface area (Å²) in [4.78, 5) is 36.2. The first-order valence-corrected chi connectivity index (χ1v) is 14.9. The fourth-order valence-corrected chi connectivity index (χ4v) is 8.11. The maximum absolute atomic E-state index is 13.7. The second kappa shape index (κ2) is 12.1. The second-order valence-electron chi connectivity index (χ2n) is 10.5. The minimum Gasteiger partial charge on any atom is -0.453 e. The number of hydrogen-bond donors (Lipinski definition) is 4. The molecule has 0 heterocycles. The van der Waals surface area contributed by atoms with Gasteiger partial charge in [0, 0.05) is 29.9 Å². The van der Waals surface area contributed by atoms with Crippen LogP contribution in [0.3, 0.4) is 0 Å². The Hall–Kier alpha value is -3.36. The molecule has 2 saturated carbocycles. The number of rotatable bonds is 8. The summed E-state index contributed by atoms with van der Waals surface area (Å²) in [6.07, 6.45) is 0.407. The van der Waals surface area contributed by atoms with Crippen LogP contribution in [0.1, 0.15) is 43.0 Å². The number of aliphatic hydroxyl groups is 1. The van der Waals surface area contributed by atoms with Crippen molar-refractivity contribution in [3.8, 4) is 0 Å². The van der Waals surface area contributed by atoms with E-state index in [1.165, 1.54) is 19.1 Å². The quantitative estimate of drug-likeness (QED) is 0.325. The van der Waals surface area contributed by atoms with E-state index in [0.717, 1.165) is 13.2 Å². The number of ether oxygens (including phenoxy) is 1. The van der Waals surface area contributed by atoms with Crippen molar-refractivity contribution in [1.82, 2.24) is 10.6 Å². The molecule has 3 atom stereocenters. The molecule has 2 aliphatic carbocycles. The van der Waals surface area contributed by atoms with E-state index in [-0.39, 0.29) is 40.6 Å². The number of carbonyl (C=O) groups excluding carboxylic acids is 3. The molecule has 2 aromatic rings. The number of fused-ring (bicyclic) bond motifs is 2. The van der Waals surface area contributed by atoms with E-state index in [1.54, 1.807) is 0 Å². The Balaban J connectivity index is 1.48. The Kier molecular flexibility index (Phi) is 9.09. The predicted octanol–water partition coefficient (Wildman–Crippen LogP) is 3.56. The van der Waals surface area contributed by atoms with Crippen molar-refractivity contribution in [2.45, 2.75) is 54.4 Å². The molecule has 42 heavy (non-hydrogen) atoms. The zero-order valence-corrected chi connectivity index (χ0v) is 24.1. The molecule has 2 aliphatic rings. The van der Waals surface area contributed by atoms with Crippen molar-refractivity contribution in [2.75, 3.05) is 19.0 Å². The average Bonchev–Trinajstić information content (AvgIpc) is 3.09. The lowest BCUT2D eigenvalue weighted by Gasteiger charge is -2.42. The van der Waals surface area contributed by atoms with Gasteiger partial charge in [0.1, 0.15) is 6.04 Å². The normalized spacial score (nSPS) is 24.0. The van der Waals surface area contributed by atoms with E-state index in [2.05, 4.69) is 20.7 Å². The van der Waals surface area contributed by atoms with Gasteiger partial charge in [-0.3, -0.25) is 9.59 Å². The third-order valence-electron chi connectivity index (χ3n) is 8.01. The van der Waals surface area contributed by atoms with Crippen LogP contribution in [0.2, 0.25) is 5.02 Å². The highest BCUT2D eigenvalue weighted by Gasteiger charge is 2.55. The van der Waals surface area contributed by atoms with Gasteiger partial charge in [0.05, 0.1) is 27.9 Å². The summed E-state index contributed by atoms with van der Waals surface area (Å²) in [6, 6.07) is 3.74. The Morgan fingerprint density at radius 3 is 2.26 bits per heavy atom. The molecule has 15 heteroatoms. The van der Waals surface area contributed by atoms with Crippen LogP contribution in [0, 0.1) is 29.3 Å². The molecule has 0 spiro atoms.